The van der Waals surface area contributed by atoms with Gasteiger partial charge in [0.15, 0.2) is 0 Å². The zero-order valence-electron chi connectivity index (χ0n) is 11.3. The summed E-state index contributed by atoms with van der Waals surface area (Å²) in [5.74, 6) is 2.22. The number of imide groups is 1. The van der Waals surface area contributed by atoms with Gasteiger partial charge in [0.1, 0.15) is 0 Å². The SMILES string of the molecule is C#CCNC(=O)[C@H]1CC[C@H](CN2C(=O)C=CC2=O)CC1. The fourth-order valence-corrected chi connectivity index (χ4v) is 2.76. The van der Waals surface area contributed by atoms with Crippen molar-refractivity contribution in [3.05, 3.63) is 12.2 Å². The quantitative estimate of drug-likeness (QED) is 0.598. The Morgan fingerprint density at radius 3 is 2.40 bits per heavy atom. The Morgan fingerprint density at radius 1 is 1.25 bits per heavy atom. The van der Waals surface area contributed by atoms with Crippen LogP contribution in [0, 0.1) is 24.2 Å². The van der Waals surface area contributed by atoms with E-state index in [0.29, 0.717) is 12.5 Å². The number of carbonyl (C=O) groups is 3. The number of terminal acetylenes is 1. The number of rotatable bonds is 4. The van der Waals surface area contributed by atoms with Crippen LogP contribution in [-0.4, -0.2) is 35.7 Å². The third kappa shape index (κ3) is 3.27. The Hall–Kier alpha value is -2.09. The molecular weight excluding hydrogens is 256 g/mol. The third-order valence-corrected chi connectivity index (χ3v) is 3.92. The minimum atomic E-state index is -0.233. The number of hydrogen-bond acceptors (Lipinski definition) is 3. The second kappa shape index (κ2) is 6.38. The first-order valence-corrected chi connectivity index (χ1v) is 6.86. The second-order valence-corrected chi connectivity index (χ2v) is 5.26. The average Bonchev–Trinajstić information content (AvgIpc) is 2.77. The highest BCUT2D eigenvalue weighted by molar-refractivity contribution is 6.12. The van der Waals surface area contributed by atoms with Crippen molar-refractivity contribution in [2.75, 3.05) is 13.1 Å². The van der Waals surface area contributed by atoms with Gasteiger partial charge in [-0.25, -0.2) is 0 Å². The summed E-state index contributed by atoms with van der Waals surface area (Å²) in [6.07, 6.45) is 11.0. The first kappa shape index (κ1) is 14.3. The van der Waals surface area contributed by atoms with Crippen molar-refractivity contribution < 1.29 is 14.4 Å². The van der Waals surface area contributed by atoms with Gasteiger partial charge in [0.2, 0.25) is 5.91 Å². The number of hydrogen-bond donors (Lipinski definition) is 1. The highest BCUT2D eigenvalue weighted by Crippen LogP contribution is 2.30. The monoisotopic (exact) mass is 274 g/mol. The summed E-state index contributed by atoms with van der Waals surface area (Å²) in [7, 11) is 0. The van der Waals surface area contributed by atoms with Gasteiger partial charge < -0.3 is 5.32 Å². The van der Waals surface area contributed by atoms with Gasteiger partial charge in [0.05, 0.1) is 6.54 Å². The molecule has 2 aliphatic rings. The second-order valence-electron chi connectivity index (χ2n) is 5.26. The largest absolute Gasteiger partial charge is 0.345 e. The van der Waals surface area contributed by atoms with Gasteiger partial charge in [-0.2, -0.15) is 0 Å². The van der Waals surface area contributed by atoms with Gasteiger partial charge in [0.25, 0.3) is 11.8 Å². The predicted octanol–water partition coefficient (Wildman–Crippen LogP) is 0.467. The van der Waals surface area contributed by atoms with Crippen LogP contribution in [0.4, 0.5) is 0 Å². The summed E-state index contributed by atoms with van der Waals surface area (Å²) in [5.41, 5.74) is 0. The molecule has 20 heavy (non-hydrogen) atoms. The van der Waals surface area contributed by atoms with Crippen LogP contribution in [0.2, 0.25) is 0 Å². The zero-order chi connectivity index (χ0) is 14.5. The van der Waals surface area contributed by atoms with E-state index in [2.05, 4.69) is 11.2 Å². The maximum Gasteiger partial charge on any atom is 0.253 e. The Balaban J connectivity index is 1.77. The van der Waals surface area contributed by atoms with Crippen molar-refractivity contribution >= 4 is 17.7 Å². The summed E-state index contributed by atoms with van der Waals surface area (Å²) >= 11 is 0. The smallest absolute Gasteiger partial charge is 0.253 e. The number of nitrogens with one attached hydrogen (secondary N) is 1. The molecule has 0 unspecified atom stereocenters. The zero-order valence-corrected chi connectivity index (χ0v) is 11.3. The minimum Gasteiger partial charge on any atom is -0.345 e. The van der Waals surface area contributed by atoms with Crippen LogP contribution in [0.1, 0.15) is 25.7 Å². The first-order chi connectivity index (χ1) is 9.61. The maximum absolute atomic E-state index is 11.8. The molecule has 0 aromatic carbocycles. The lowest BCUT2D eigenvalue weighted by atomic mass is 9.81. The molecule has 1 heterocycles. The molecule has 0 aromatic rings. The fraction of sp³-hybridized carbons (Fsp3) is 0.533. The molecule has 106 valence electrons. The van der Waals surface area contributed by atoms with Crippen molar-refractivity contribution in [2.24, 2.45) is 11.8 Å². The van der Waals surface area contributed by atoms with E-state index < -0.39 is 0 Å². The van der Waals surface area contributed by atoms with E-state index >= 15 is 0 Å². The van der Waals surface area contributed by atoms with Crippen LogP contribution in [0.3, 0.4) is 0 Å². The molecule has 0 spiro atoms. The van der Waals surface area contributed by atoms with E-state index in [0.717, 1.165) is 25.7 Å². The standard InChI is InChI=1S/C15H18N2O3/c1-2-9-16-15(20)12-5-3-11(4-6-12)10-17-13(18)7-8-14(17)19/h1,7-8,11-12H,3-6,9-10H2,(H,16,20)/t11-,12-. The molecule has 0 bridgehead atoms. The Kier molecular flexibility index (Phi) is 4.57. The van der Waals surface area contributed by atoms with E-state index in [9.17, 15) is 14.4 Å². The van der Waals surface area contributed by atoms with Crippen molar-refractivity contribution in [2.45, 2.75) is 25.7 Å². The Bertz CT molecular complexity index is 464. The number of nitrogens with zero attached hydrogens (tertiary/aromatic N) is 1. The van der Waals surface area contributed by atoms with E-state index in [4.69, 9.17) is 6.42 Å². The van der Waals surface area contributed by atoms with E-state index in [1.807, 2.05) is 0 Å². The maximum atomic E-state index is 11.8. The van der Waals surface area contributed by atoms with Crippen LogP contribution < -0.4 is 5.32 Å². The van der Waals surface area contributed by atoms with Gasteiger partial charge in [-0.05, 0) is 31.6 Å². The summed E-state index contributed by atoms with van der Waals surface area (Å²) in [6.45, 7) is 0.727. The fourth-order valence-electron chi connectivity index (χ4n) is 2.76. The van der Waals surface area contributed by atoms with Crippen LogP contribution in [0.15, 0.2) is 12.2 Å². The van der Waals surface area contributed by atoms with Crippen molar-refractivity contribution in [3.63, 3.8) is 0 Å². The summed E-state index contributed by atoms with van der Waals surface area (Å²) in [4.78, 5) is 36.0. The van der Waals surface area contributed by atoms with Gasteiger partial charge >= 0.3 is 0 Å². The molecule has 1 aliphatic carbocycles. The van der Waals surface area contributed by atoms with Crippen LogP contribution >= 0.6 is 0 Å². The lowest BCUT2D eigenvalue weighted by molar-refractivity contribution is -0.138. The lowest BCUT2D eigenvalue weighted by Gasteiger charge is -2.29. The molecule has 3 amide bonds. The Labute approximate surface area is 118 Å². The van der Waals surface area contributed by atoms with Gasteiger partial charge in [-0.1, -0.05) is 5.92 Å². The highest BCUT2D eigenvalue weighted by Gasteiger charge is 2.30. The molecule has 5 nitrogen and oxygen atoms in total. The van der Waals surface area contributed by atoms with E-state index in [1.54, 1.807) is 0 Å². The summed E-state index contributed by atoms with van der Waals surface area (Å²) in [5, 5.41) is 2.70. The Morgan fingerprint density at radius 2 is 1.85 bits per heavy atom. The molecule has 0 aromatic heterocycles. The molecule has 0 radical (unpaired) electrons. The van der Waals surface area contributed by atoms with E-state index in [1.165, 1.54) is 17.1 Å². The molecule has 1 saturated carbocycles. The van der Waals surface area contributed by atoms with Crippen LogP contribution in [-0.2, 0) is 14.4 Å². The van der Waals surface area contributed by atoms with Gasteiger partial charge in [0, 0.05) is 24.6 Å². The van der Waals surface area contributed by atoms with Crippen molar-refractivity contribution in [1.82, 2.24) is 10.2 Å². The minimum absolute atomic E-state index is 0.00251. The van der Waals surface area contributed by atoms with E-state index in [-0.39, 0.29) is 30.2 Å². The summed E-state index contributed by atoms with van der Waals surface area (Å²) in [6, 6.07) is 0. The highest BCUT2D eigenvalue weighted by atomic mass is 16.2. The molecule has 5 heteroatoms. The molecule has 2 rings (SSSR count). The van der Waals surface area contributed by atoms with Crippen molar-refractivity contribution in [3.8, 4) is 12.3 Å². The lowest BCUT2D eigenvalue weighted by Crippen LogP contribution is -2.38. The van der Waals surface area contributed by atoms with Gasteiger partial charge in [-0.15, -0.1) is 6.42 Å². The first-order valence-electron chi connectivity index (χ1n) is 6.86. The number of amides is 3. The van der Waals surface area contributed by atoms with Crippen molar-refractivity contribution in [1.29, 1.82) is 0 Å². The molecule has 0 saturated heterocycles. The van der Waals surface area contributed by atoms with Gasteiger partial charge in [-0.3, -0.25) is 19.3 Å². The predicted molar refractivity (Wildman–Crippen MR) is 73.2 cm³/mol. The molecule has 1 aliphatic heterocycles. The molecule has 1 N–H and O–H groups in total. The van der Waals surface area contributed by atoms with Crippen LogP contribution in [0.5, 0.6) is 0 Å². The van der Waals surface area contributed by atoms with Crippen LogP contribution in [0.25, 0.3) is 0 Å². The molecule has 1 fully saturated rings. The summed E-state index contributed by atoms with van der Waals surface area (Å²) < 4.78 is 0. The molecule has 0 atom stereocenters. The average molecular weight is 274 g/mol. The normalized spacial score (nSPS) is 25.6. The topological polar surface area (TPSA) is 66.5 Å². The molecular formula is C15H18N2O3. The number of carbonyl (C=O) groups excluding carboxylic acids is 3. The third-order valence-electron chi connectivity index (χ3n) is 3.92.